The van der Waals surface area contributed by atoms with Gasteiger partial charge in [-0.25, -0.2) is 4.39 Å². The third-order valence-electron chi connectivity index (χ3n) is 4.12. The van der Waals surface area contributed by atoms with Crippen molar-refractivity contribution in [2.24, 2.45) is 0 Å². The number of carbonyl (C=O) groups excluding carboxylic acids is 1. The summed E-state index contributed by atoms with van der Waals surface area (Å²) in [5, 5.41) is 6.81. The summed E-state index contributed by atoms with van der Waals surface area (Å²) >= 11 is 0. The molecule has 3 aromatic rings. The van der Waals surface area contributed by atoms with Crippen LogP contribution in [0.25, 0.3) is 11.4 Å². The second-order valence-electron chi connectivity index (χ2n) is 6.03. The van der Waals surface area contributed by atoms with E-state index in [2.05, 4.69) is 22.4 Å². The number of para-hydroxylation sites is 1. The second-order valence-corrected chi connectivity index (χ2v) is 6.03. The SMILES string of the molecule is CCc1cccc(C)c1NC(=O)CCc1nc(-c2cccc(F)c2)no1. The first kappa shape index (κ1) is 17.8. The molecule has 0 saturated carbocycles. The molecule has 1 N–H and O–H groups in total. The van der Waals surface area contributed by atoms with Crippen molar-refractivity contribution in [3.8, 4) is 11.4 Å². The molecule has 0 spiro atoms. The van der Waals surface area contributed by atoms with Gasteiger partial charge in [-0.15, -0.1) is 0 Å². The fourth-order valence-corrected chi connectivity index (χ4v) is 2.73. The van der Waals surface area contributed by atoms with Gasteiger partial charge in [0.05, 0.1) is 0 Å². The van der Waals surface area contributed by atoms with Crippen LogP contribution in [0.3, 0.4) is 0 Å². The van der Waals surface area contributed by atoms with Crippen molar-refractivity contribution in [1.82, 2.24) is 10.1 Å². The van der Waals surface area contributed by atoms with Crippen molar-refractivity contribution >= 4 is 11.6 Å². The summed E-state index contributed by atoms with van der Waals surface area (Å²) in [4.78, 5) is 16.5. The number of amides is 1. The van der Waals surface area contributed by atoms with Gasteiger partial charge < -0.3 is 9.84 Å². The lowest BCUT2D eigenvalue weighted by Gasteiger charge is -2.12. The molecular formula is C20H20FN3O2. The highest BCUT2D eigenvalue weighted by atomic mass is 19.1. The Morgan fingerprint density at radius 2 is 2.04 bits per heavy atom. The Balaban J connectivity index is 1.62. The van der Waals surface area contributed by atoms with Gasteiger partial charge in [-0.1, -0.05) is 42.4 Å². The second kappa shape index (κ2) is 7.91. The first-order valence-electron chi connectivity index (χ1n) is 8.53. The molecule has 0 atom stereocenters. The monoisotopic (exact) mass is 353 g/mol. The molecule has 0 bridgehead atoms. The predicted octanol–water partition coefficient (Wildman–Crippen LogP) is 4.32. The molecule has 0 saturated heterocycles. The van der Waals surface area contributed by atoms with Gasteiger partial charge in [0.1, 0.15) is 5.82 Å². The van der Waals surface area contributed by atoms with E-state index in [1.165, 1.54) is 12.1 Å². The standard InChI is InChI=1S/C20H20FN3O2/c1-3-14-7-4-6-13(2)19(14)22-17(25)10-11-18-23-20(24-26-18)15-8-5-9-16(21)12-15/h4-9,12H,3,10-11H2,1-2H3,(H,22,25). The predicted molar refractivity (Wildman–Crippen MR) is 97.2 cm³/mol. The van der Waals surface area contributed by atoms with Crippen LogP contribution >= 0.6 is 0 Å². The highest BCUT2D eigenvalue weighted by Gasteiger charge is 2.13. The van der Waals surface area contributed by atoms with Gasteiger partial charge in [-0.2, -0.15) is 4.98 Å². The lowest BCUT2D eigenvalue weighted by atomic mass is 10.1. The molecule has 0 aliphatic carbocycles. The smallest absolute Gasteiger partial charge is 0.227 e. The molecule has 1 aromatic heterocycles. The van der Waals surface area contributed by atoms with Gasteiger partial charge in [0, 0.05) is 24.1 Å². The van der Waals surface area contributed by atoms with Gasteiger partial charge in [0.15, 0.2) is 0 Å². The van der Waals surface area contributed by atoms with Gasteiger partial charge in [-0.3, -0.25) is 4.79 Å². The highest BCUT2D eigenvalue weighted by molar-refractivity contribution is 5.92. The maximum absolute atomic E-state index is 13.3. The number of rotatable bonds is 6. The molecule has 5 nitrogen and oxygen atoms in total. The molecule has 0 fully saturated rings. The molecule has 0 radical (unpaired) electrons. The fourth-order valence-electron chi connectivity index (χ4n) is 2.73. The van der Waals surface area contributed by atoms with E-state index in [0.29, 0.717) is 23.7 Å². The summed E-state index contributed by atoms with van der Waals surface area (Å²) in [7, 11) is 0. The summed E-state index contributed by atoms with van der Waals surface area (Å²) in [5.41, 5.74) is 3.54. The first-order chi connectivity index (χ1) is 12.6. The molecule has 6 heteroatoms. The molecular weight excluding hydrogens is 333 g/mol. The maximum Gasteiger partial charge on any atom is 0.227 e. The average molecular weight is 353 g/mol. The molecule has 0 aliphatic heterocycles. The van der Waals surface area contributed by atoms with Crippen molar-refractivity contribution in [2.45, 2.75) is 33.1 Å². The summed E-state index contributed by atoms with van der Waals surface area (Å²) in [6, 6.07) is 11.9. The zero-order valence-electron chi connectivity index (χ0n) is 14.8. The van der Waals surface area contributed by atoms with Crippen molar-refractivity contribution in [1.29, 1.82) is 0 Å². The summed E-state index contributed by atoms with van der Waals surface area (Å²) in [6.45, 7) is 4.02. The quantitative estimate of drug-likeness (QED) is 0.717. The Morgan fingerprint density at radius 3 is 2.81 bits per heavy atom. The Morgan fingerprint density at radius 1 is 1.23 bits per heavy atom. The summed E-state index contributed by atoms with van der Waals surface area (Å²) in [6.07, 6.45) is 1.39. The lowest BCUT2D eigenvalue weighted by molar-refractivity contribution is -0.116. The molecule has 134 valence electrons. The van der Waals surface area contributed by atoms with Gasteiger partial charge >= 0.3 is 0 Å². The number of hydrogen-bond donors (Lipinski definition) is 1. The van der Waals surface area contributed by atoms with Crippen LogP contribution in [0.2, 0.25) is 0 Å². The number of nitrogens with zero attached hydrogens (tertiary/aromatic N) is 2. The number of halogens is 1. The number of benzene rings is 2. The third kappa shape index (κ3) is 4.14. The fraction of sp³-hybridized carbons (Fsp3) is 0.250. The number of nitrogens with one attached hydrogen (secondary N) is 1. The van der Waals surface area contributed by atoms with Crippen LogP contribution in [0.5, 0.6) is 0 Å². The number of aromatic nitrogens is 2. The van der Waals surface area contributed by atoms with Crippen LogP contribution in [-0.4, -0.2) is 16.0 Å². The van der Waals surface area contributed by atoms with Crippen LogP contribution in [0.1, 0.15) is 30.4 Å². The average Bonchev–Trinajstić information content (AvgIpc) is 3.11. The van der Waals surface area contributed by atoms with E-state index in [-0.39, 0.29) is 18.1 Å². The number of anilines is 1. The molecule has 26 heavy (non-hydrogen) atoms. The third-order valence-corrected chi connectivity index (χ3v) is 4.12. The maximum atomic E-state index is 13.3. The first-order valence-corrected chi connectivity index (χ1v) is 8.53. The minimum atomic E-state index is -0.363. The topological polar surface area (TPSA) is 68.0 Å². The van der Waals surface area contributed by atoms with Gasteiger partial charge in [0.25, 0.3) is 0 Å². The Kier molecular flexibility index (Phi) is 5.41. The van der Waals surface area contributed by atoms with Crippen molar-refractivity contribution in [3.63, 3.8) is 0 Å². The Bertz CT molecular complexity index is 921. The number of aryl methyl sites for hydroxylation is 3. The van der Waals surface area contributed by atoms with Crippen molar-refractivity contribution in [2.75, 3.05) is 5.32 Å². The van der Waals surface area contributed by atoms with Crippen LogP contribution < -0.4 is 5.32 Å². The van der Waals surface area contributed by atoms with Gasteiger partial charge in [-0.05, 0) is 36.6 Å². The molecule has 0 aliphatic rings. The van der Waals surface area contributed by atoms with Crippen molar-refractivity contribution < 1.29 is 13.7 Å². The molecule has 1 amide bonds. The normalized spacial score (nSPS) is 10.7. The number of carbonyl (C=O) groups is 1. The van der Waals surface area contributed by atoms with E-state index in [1.807, 2.05) is 25.1 Å². The lowest BCUT2D eigenvalue weighted by Crippen LogP contribution is -2.14. The van der Waals surface area contributed by atoms with E-state index in [1.54, 1.807) is 12.1 Å². The van der Waals surface area contributed by atoms with E-state index in [4.69, 9.17) is 4.52 Å². The molecule has 2 aromatic carbocycles. The Hall–Kier alpha value is -3.02. The van der Waals surface area contributed by atoms with Crippen molar-refractivity contribution in [3.05, 3.63) is 65.3 Å². The molecule has 3 rings (SSSR count). The zero-order valence-corrected chi connectivity index (χ0v) is 14.8. The van der Waals surface area contributed by atoms with E-state index >= 15 is 0 Å². The number of hydrogen-bond acceptors (Lipinski definition) is 4. The molecule has 0 unspecified atom stereocenters. The zero-order chi connectivity index (χ0) is 18.5. The van der Waals surface area contributed by atoms with E-state index < -0.39 is 0 Å². The highest BCUT2D eigenvalue weighted by Crippen LogP contribution is 2.22. The van der Waals surface area contributed by atoms with E-state index in [0.717, 1.165) is 23.2 Å². The minimum absolute atomic E-state index is 0.112. The largest absolute Gasteiger partial charge is 0.339 e. The van der Waals surface area contributed by atoms with E-state index in [9.17, 15) is 9.18 Å². The molecule has 1 heterocycles. The Labute approximate surface area is 151 Å². The van der Waals surface area contributed by atoms with Crippen LogP contribution in [0, 0.1) is 12.7 Å². The minimum Gasteiger partial charge on any atom is -0.339 e. The summed E-state index contributed by atoms with van der Waals surface area (Å²) in [5.74, 6) is 0.185. The summed E-state index contributed by atoms with van der Waals surface area (Å²) < 4.78 is 18.4. The van der Waals surface area contributed by atoms with Gasteiger partial charge in [0.2, 0.25) is 17.6 Å². The van der Waals surface area contributed by atoms with Crippen LogP contribution in [0.4, 0.5) is 10.1 Å². The van der Waals surface area contributed by atoms with Crippen LogP contribution in [-0.2, 0) is 17.6 Å². The van der Waals surface area contributed by atoms with Crippen LogP contribution in [0.15, 0.2) is 47.0 Å².